The number of thiocarbonyl (C=S) groups is 1. The summed E-state index contributed by atoms with van der Waals surface area (Å²) in [7, 11) is 1.37. The zero-order chi connectivity index (χ0) is 13.3. The van der Waals surface area contributed by atoms with Crippen LogP contribution in [0.15, 0.2) is 27.2 Å². The van der Waals surface area contributed by atoms with Gasteiger partial charge in [-0.2, -0.15) is 0 Å². The smallest absolute Gasteiger partial charge is 0.337 e. The summed E-state index contributed by atoms with van der Waals surface area (Å²) in [6, 6.07) is 1.70. The molecular weight excluding hydrogens is 336 g/mol. The summed E-state index contributed by atoms with van der Waals surface area (Å²) in [6.07, 6.45) is 0. The third kappa shape index (κ3) is 2.57. The zero-order valence-electron chi connectivity index (χ0n) is 9.74. The SMILES string of the molecule is COC(=O)C1=C(C)NC(=S)N[C@@H]1c1cc(Br)cs1. The molecule has 2 N–H and O–H groups in total. The number of methoxy groups -OCH3 is 1. The summed E-state index contributed by atoms with van der Waals surface area (Å²) in [5, 5.41) is 8.51. The maximum atomic E-state index is 11.9. The monoisotopic (exact) mass is 346 g/mol. The van der Waals surface area contributed by atoms with Crippen molar-refractivity contribution < 1.29 is 9.53 Å². The number of thiophene rings is 1. The molecule has 0 amide bonds. The summed E-state index contributed by atoms with van der Waals surface area (Å²) in [6.45, 7) is 1.81. The van der Waals surface area contributed by atoms with Gasteiger partial charge in [-0.1, -0.05) is 0 Å². The third-order valence-electron chi connectivity index (χ3n) is 2.55. The number of hydrogen-bond donors (Lipinski definition) is 2. The number of ether oxygens (including phenoxy) is 1. The van der Waals surface area contributed by atoms with Crippen LogP contribution in [-0.2, 0) is 9.53 Å². The first kappa shape index (κ1) is 13.5. The molecule has 18 heavy (non-hydrogen) atoms. The van der Waals surface area contributed by atoms with E-state index >= 15 is 0 Å². The molecule has 0 aliphatic carbocycles. The van der Waals surface area contributed by atoms with Crippen LogP contribution in [0.25, 0.3) is 0 Å². The quantitative estimate of drug-likeness (QED) is 0.636. The lowest BCUT2D eigenvalue weighted by Crippen LogP contribution is -2.44. The molecule has 1 aromatic heterocycles. The van der Waals surface area contributed by atoms with Crippen molar-refractivity contribution in [3.8, 4) is 0 Å². The van der Waals surface area contributed by atoms with Crippen LogP contribution in [0.2, 0.25) is 0 Å². The van der Waals surface area contributed by atoms with Gasteiger partial charge < -0.3 is 15.4 Å². The minimum absolute atomic E-state index is 0.262. The van der Waals surface area contributed by atoms with Crippen LogP contribution in [0.5, 0.6) is 0 Å². The predicted octanol–water partition coefficient (Wildman–Crippen LogP) is 2.48. The Morgan fingerprint density at radius 1 is 1.61 bits per heavy atom. The number of allylic oxidation sites excluding steroid dienone is 1. The topological polar surface area (TPSA) is 50.4 Å². The van der Waals surface area contributed by atoms with E-state index in [1.54, 1.807) is 11.3 Å². The van der Waals surface area contributed by atoms with Gasteiger partial charge in [0.1, 0.15) is 0 Å². The molecule has 0 radical (unpaired) electrons. The Kier molecular flexibility index (Phi) is 4.04. The largest absolute Gasteiger partial charge is 0.466 e. The van der Waals surface area contributed by atoms with Crippen molar-refractivity contribution in [3.05, 3.63) is 32.1 Å². The van der Waals surface area contributed by atoms with E-state index in [4.69, 9.17) is 17.0 Å². The summed E-state index contributed by atoms with van der Waals surface area (Å²) in [5.74, 6) is -0.357. The van der Waals surface area contributed by atoms with Gasteiger partial charge in [0.2, 0.25) is 0 Å². The molecule has 1 aliphatic rings. The van der Waals surface area contributed by atoms with Crippen molar-refractivity contribution in [2.75, 3.05) is 7.11 Å². The molecule has 0 bridgehead atoms. The highest BCUT2D eigenvalue weighted by Crippen LogP contribution is 2.33. The van der Waals surface area contributed by atoms with Crippen molar-refractivity contribution in [3.63, 3.8) is 0 Å². The average molecular weight is 347 g/mol. The van der Waals surface area contributed by atoms with E-state index in [0.717, 1.165) is 15.0 Å². The average Bonchev–Trinajstić information content (AvgIpc) is 2.74. The predicted molar refractivity (Wildman–Crippen MR) is 78.3 cm³/mol. The first-order chi connectivity index (χ1) is 8.52. The van der Waals surface area contributed by atoms with Gasteiger partial charge in [-0.25, -0.2) is 4.79 Å². The molecule has 1 atom stereocenters. The Morgan fingerprint density at radius 2 is 2.33 bits per heavy atom. The molecule has 4 nitrogen and oxygen atoms in total. The molecule has 1 aromatic rings. The lowest BCUT2D eigenvalue weighted by Gasteiger charge is -2.28. The molecule has 0 saturated heterocycles. The summed E-state index contributed by atoms with van der Waals surface area (Å²) in [4.78, 5) is 12.9. The molecule has 7 heteroatoms. The molecule has 1 aliphatic heterocycles. The Bertz CT molecular complexity index is 539. The second-order valence-corrected chi connectivity index (χ2v) is 6.00. The Balaban J connectivity index is 2.45. The number of carbonyl (C=O) groups excluding carboxylic acids is 1. The maximum absolute atomic E-state index is 11.9. The Morgan fingerprint density at radius 3 is 2.89 bits per heavy atom. The normalized spacial score (nSPS) is 19.3. The fourth-order valence-corrected chi connectivity index (χ4v) is 3.54. The molecule has 0 saturated carbocycles. The van der Waals surface area contributed by atoms with E-state index < -0.39 is 0 Å². The Hall–Kier alpha value is -0.920. The number of halogens is 1. The summed E-state index contributed by atoms with van der Waals surface area (Å²) < 4.78 is 5.81. The van der Waals surface area contributed by atoms with Crippen molar-refractivity contribution in [2.24, 2.45) is 0 Å². The van der Waals surface area contributed by atoms with Gasteiger partial charge in [0.05, 0.1) is 18.7 Å². The van der Waals surface area contributed by atoms with E-state index in [0.29, 0.717) is 10.7 Å². The highest BCUT2D eigenvalue weighted by molar-refractivity contribution is 9.10. The highest BCUT2D eigenvalue weighted by Gasteiger charge is 2.31. The van der Waals surface area contributed by atoms with Gasteiger partial charge in [0, 0.05) is 20.4 Å². The van der Waals surface area contributed by atoms with Crippen molar-refractivity contribution in [2.45, 2.75) is 13.0 Å². The fourth-order valence-electron chi connectivity index (χ4n) is 1.77. The first-order valence-electron chi connectivity index (χ1n) is 5.13. The zero-order valence-corrected chi connectivity index (χ0v) is 13.0. The van der Waals surface area contributed by atoms with Crippen LogP contribution in [0.4, 0.5) is 0 Å². The maximum Gasteiger partial charge on any atom is 0.337 e. The van der Waals surface area contributed by atoms with Crippen molar-refractivity contribution in [1.82, 2.24) is 10.6 Å². The molecule has 0 unspecified atom stereocenters. The van der Waals surface area contributed by atoms with Gasteiger partial charge in [0.15, 0.2) is 5.11 Å². The van der Waals surface area contributed by atoms with Crippen molar-refractivity contribution >= 4 is 50.6 Å². The van der Waals surface area contributed by atoms with Crippen molar-refractivity contribution in [1.29, 1.82) is 0 Å². The molecule has 0 fully saturated rings. The number of carbonyl (C=O) groups is 1. The lowest BCUT2D eigenvalue weighted by atomic mass is 10.0. The van der Waals surface area contributed by atoms with Crippen LogP contribution >= 0.6 is 39.5 Å². The van der Waals surface area contributed by atoms with Gasteiger partial charge in [-0.15, -0.1) is 11.3 Å². The van der Waals surface area contributed by atoms with Crippen LogP contribution in [0.1, 0.15) is 17.8 Å². The molecule has 0 spiro atoms. The van der Waals surface area contributed by atoms with Gasteiger partial charge in [-0.05, 0) is 41.1 Å². The lowest BCUT2D eigenvalue weighted by molar-refractivity contribution is -0.136. The van der Waals surface area contributed by atoms with E-state index in [2.05, 4.69) is 26.6 Å². The van der Waals surface area contributed by atoms with E-state index in [9.17, 15) is 4.79 Å². The number of esters is 1. The van der Waals surface area contributed by atoms with Crippen LogP contribution in [0, 0.1) is 0 Å². The molecule has 96 valence electrons. The Labute approximate surface area is 123 Å². The summed E-state index contributed by atoms with van der Waals surface area (Å²) in [5.41, 5.74) is 1.28. The fraction of sp³-hybridized carbons (Fsp3) is 0.273. The van der Waals surface area contributed by atoms with Crippen LogP contribution in [0.3, 0.4) is 0 Å². The summed E-state index contributed by atoms with van der Waals surface area (Å²) >= 11 is 10.1. The number of hydrogen-bond acceptors (Lipinski definition) is 4. The second-order valence-electron chi connectivity index (χ2n) is 3.73. The second kappa shape index (κ2) is 5.38. The van der Waals surface area contributed by atoms with E-state index in [-0.39, 0.29) is 12.0 Å². The minimum Gasteiger partial charge on any atom is -0.466 e. The number of nitrogens with one attached hydrogen (secondary N) is 2. The van der Waals surface area contributed by atoms with Gasteiger partial charge in [-0.3, -0.25) is 0 Å². The standard InChI is InChI=1S/C11H11BrN2O2S2/c1-5-8(10(15)16-2)9(14-11(17)13-5)7-3-6(12)4-18-7/h3-4,9H,1-2H3,(H2,13,14,17)/t9-/m1/s1. The highest BCUT2D eigenvalue weighted by atomic mass is 79.9. The molecule has 2 heterocycles. The molecule has 0 aromatic carbocycles. The number of rotatable bonds is 2. The molecule has 2 rings (SSSR count). The van der Waals surface area contributed by atoms with Gasteiger partial charge in [0.25, 0.3) is 0 Å². The van der Waals surface area contributed by atoms with Crippen LogP contribution in [-0.4, -0.2) is 18.2 Å². The third-order valence-corrected chi connectivity index (χ3v) is 4.53. The van der Waals surface area contributed by atoms with Crippen LogP contribution < -0.4 is 10.6 Å². The minimum atomic E-state index is -0.357. The van der Waals surface area contributed by atoms with E-state index in [1.807, 2.05) is 18.4 Å². The molecular formula is C11H11BrN2O2S2. The van der Waals surface area contributed by atoms with Gasteiger partial charge >= 0.3 is 5.97 Å². The first-order valence-corrected chi connectivity index (χ1v) is 7.21. The van der Waals surface area contributed by atoms with E-state index in [1.165, 1.54) is 7.11 Å².